The van der Waals surface area contributed by atoms with Gasteiger partial charge in [-0.25, -0.2) is 4.79 Å². The van der Waals surface area contributed by atoms with Crippen LogP contribution in [-0.4, -0.2) is 16.2 Å². The Morgan fingerprint density at radius 3 is 2.50 bits per heavy atom. The minimum absolute atomic E-state index is 0.0972. The summed E-state index contributed by atoms with van der Waals surface area (Å²) >= 11 is 1.06. The molecule has 0 saturated heterocycles. The van der Waals surface area contributed by atoms with Gasteiger partial charge >= 0.3 is 5.97 Å². The number of rotatable bonds is 3. The molecule has 1 aliphatic rings. The molecule has 0 spiro atoms. The lowest BCUT2D eigenvalue weighted by atomic mass is 9.87. The lowest BCUT2D eigenvalue weighted by molar-refractivity contribution is -0.116. The Morgan fingerprint density at radius 2 is 1.94 bits per heavy atom. The van der Waals surface area contributed by atoms with Crippen LogP contribution in [-0.2, 0) is 4.79 Å². The van der Waals surface area contributed by atoms with Gasteiger partial charge in [0.2, 0.25) is 0 Å². The third-order valence-corrected chi connectivity index (χ3v) is 3.88. The van der Waals surface area contributed by atoms with Crippen molar-refractivity contribution in [1.29, 1.82) is 0 Å². The monoisotopic (exact) mass is 236 g/mol. The van der Waals surface area contributed by atoms with Gasteiger partial charge in [0.1, 0.15) is 0 Å². The molecule has 0 bridgehead atoms. The number of benzene rings is 1. The highest BCUT2D eigenvalue weighted by molar-refractivity contribution is 8.13. The van der Waals surface area contributed by atoms with E-state index in [0.717, 1.165) is 31.0 Å². The van der Waals surface area contributed by atoms with Crippen molar-refractivity contribution in [3.63, 3.8) is 0 Å². The van der Waals surface area contributed by atoms with E-state index in [2.05, 4.69) is 0 Å². The fourth-order valence-electron chi connectivity index (χ4n) is 1.57. The van der Waals surface area contributed by atoms with E-state index in [-0.39, 0.29) is 16.6 Å². The van der Waals surface area contributed by atoms with Crippen LogP contribution < -0.4 is 0 Å². The Morgan fingerprint density at radius 1 is 1.25 bits per heavy atom. The quantitative estimate of drug-likeness (QED) is 0.820. The van der Waals surface area contributed by atoms with E-state index in [1.165, 1.54) is 6.07 Å². The van der Waals surface area contributed by atoms with Crippen molar-refractivity contribution >= 4 is 22.8 Å². The summed E-state index contributed by atoms with van der Waals surface area (Å²) in [6.07, 6.45) is 3.00. The molecular weight excluding hydrogens is 224 g/mol. The van der Waals surface area contributed by atoms with Crippen LogP contribution in [0.1, 0.15) is 29.6 Å². The van der Waals surface area contributed by atoms with Crippen molar-refractivity contribution < 1.29 is 14.7 Å². The van der Waals surface area contributed by atoms with E-state index in [0.29, 0.717) is 4.90 Å². The van der Waals surface area contributed by atoms with E-state index in [9.17, 15) is 9.59 Å². The molecule has 0 atom stereocenters. The normalized spacial score (nSPS) is 15.5. The third kappa shape index (κ3) is 2.27. The van der Waals surface area contributed by atoms with Crippen LogP contribution in [0.3, 0.4) is 0 Å². The fourth-order valence-corrected chi connectivity index (χ4v) is 2.60. The maximum atomic E-state index is 11.7. The predicted octanol–water partition coefficient (Wildman–Crippen LogP) is 2.80. The molecule has 0 amide bonds. The Balaban J connectivity index is 2.13. The summed E-state index contributed by atoms with van der Waals surface area (Å²) in [5, 5.41) is 9.06. The number of carboxylic acids is 1. The topological polar surface area (TPSA) is 54.4 Å². The van der Waals surface area contributed by atoms with Crippen LogP contribution in [0.2, 0.25) is 0 Å². The van der Waals surface area contributed by atoms with Gasteiger partial charge in [-0.15, -0.1) is 0 Å². The van der Waals surface area contributed by atoms with E-state index < -0.39 is 5.97 Å². The number of hydrogen-bond acceptors (Lipinski definition) is 3. The first kappa shape index (κ1) is 11.2. The molecular formula is C12H12O3S. The number of carbonyl (C=O) groups is 2. The van der Waals surface area contributed by atoms with Crippen molar-refractivity contribution in [3.05, 3.63) is 29.8 Å². The average Bonchev–Trinajstić information content (AvgIpc) is 2.15. The summed E-state index contributed by atoms with van der Waals surface area (Å²) in [5.41, 5.74) is 0.208. The summed E-state index contributed by atoms with van der Waals surface area (Å²) in [5.74, 6) is -0.851. The fraction of sp³-hybridized carbons (Fsp3) is 0.333. The van der Waals surface area contributed by atoms with Crippen LogP contribution >= 0.6 is 11.8 Å². The van der Waals surface area contributed by atoms with Gasteiger partial charge in [0.15, 0.2) is 5.12 Å². The molecule has 1 aromatic rings. The minimum Gasteiger partial charge on any atom is -0.478 e. The van der Waals surface area contributed by atoms with Crippen molar-refractivity contribution in [1.82, 2.24) is 0 Å². The molecule has 4 heteroatoms. The largest absolute Gasteiger partial charge is 0.478 e. The number of hydrogen-bond donors (Lipinski definition) is 1. The second kappa shape index (κ2) is 4.70. The molecule has 0 radical (unpaired) electrons. The zero-order chi connectivity index (χ0) is 11.5. The van der Waals surface area contributed by atoms with Gasteiger partial charge in [-0.05, 0) is 25.0 Å². The number of carboxylic acid groups (broad SMARTS) is 1. The lowest BCUT2D eigenvalue weighted by Gasteiger charge is -2.23. The van der Waals surface area contributed by atoms with E-state index in [4.69, 9.17) is 5.11 Å². The molecule has 2 rings (SSSR count). The maximum absolute atomic E-state index is 11.7. The van der Waals surface area contributed by atoms with Gasteiger partial charge < -0.3 is 5.11 Å². The van der Waals surface area contributed by atoms with Crippen molar-refractivity contribution in [2.75, 3.05) is 0 Å². The highest BCUT2D eigenvalue weighted by atomic mass is 32.2. The smallest absolute Gasteiger partial charge is 0.336 e. The van der Waals surface area contributed by atoms with Crippen LogP contribution in [0, 0.1) is 5.92 Å². The summed E-state index contributed by atoms with van der Waals surface area (Å²) in [6, 6.07) is 6.63. The molecule has 1 N–H and O–H groups in total. The van der Waals surface area contributed by atoms with Crippen molar-refractivity contribution in [2.24, 2.45) is 5.92 Å². The van der Waals surface area contributed by atoms with Gasteiger partial charge in [-0.3, -0.25) is 4.79 Å². The van der Waals surface area contributed by atoms with Crippen LogP contribution in [0.4, 0.5) is 0 Å². The molecule has 1 aliphatic carbocycles. The Labute approximate surface area is 97.9 Å². The number of thioether (sulfide) groups is 1. The second-order valence-electron chi connectivity index (χ2n) is 3.85. The van der Waals surface area contributed by atoms with E-state index >= 15 is 0 Å². The molecule has 0 aliphatic heterocycles. The molecule has 16 heavy (non-hydrogen) atoms. The van der Waals surface area contributed by atoms with Crippen LogP contribution in [0.5, 0.6) is 0 Å². The summed E-state index contributed by atoms with van der Waals surface area (Å²) < 4.78 is 0. The van der Waals surface area contributed by atoms with Gasteiger partial charge in [-0.1, -0.05) is 30.3 Å². The SMILES string of the molecule is O=C(O)c1ccccc1SC(=O)C1CCC1. The molecule has 0 unspecified atom stereocenters. The maximum Gasteiger partial charge on any atom is 0.336 e. The Kier molecular flexibility index (Phi) is 3.29. The standard InChI is InChI=1S/C12H12O3S/c13-11(14)9-6-1-2-7-10(9)16-12(15)8-4-3-5-8/h1-2,6-8H,3-5H2,(H,13,14). The van der Waals surface area contributed by atoms with Gasteiger partial charge in [-0.2, -0.15) is 0 Å². The zero-order valence-corrected chi connectivity index (χ0v) is 9.50. The van der Waals surface area contributed by atoms with Gasteiger partial charge in [0.25, 0.3) is 0 Å². The van der Waals surface area contributed by atoms with Gasteiger partial charge in [0.05, 0.1) is 5.56 Å². The first-order valence-electron chi connectivity index (χ1n) is 5.22. The number of carbonyl (C=O) groups excluding carboxylic acids is 1. The highest BCUT2D eigenvalue weighted by Gasteiger charge is 2.26. The van der Waals surface area contributed by atoms with E-state index in [1.807, 2.05) is 0 Å². The highest BCUT2D eigenvalue weighted by Crippen LogP contribution is 2.35. The molecule has 1 saturated carbocycles. The van der Waals surface area contributed by atoms with Gasteiger partial charge in [0, 0.05) is 10.8 Å². The Bertz CT molecular complexity index is 424. The van der Waals surface area contributed by atoms with Crippen molar-refractivity contribution in [2.45, 2.75) is 24.2 Å². The second-order valence-corrected chi connectivity index (χ2v) is 4.90. The summed E-state index contributed by atoms with van der Waals surface area (Å²) in [6.45, 7) is 0. The van der Waals surface area contributed by atoms with Crippen molar-refractivity contribution in [3.8, 4) is 0 Å². The lowest BCUT2D eigenvalue weighted by Crippen LogP contribution is -2.19. The third-order valence-electron chi connectivity index (χ3n) is 2.77. The Hall–Kier alpha value is -1.29. The predicted molar refractivity (Wildman–Crippen MR) is 61.6 cm³/mol. The molecule has 84 valence electrons. The first-order chi connectivity index (χ1) is 7.68. The molecule has 1 fully saturated rings. The molecule has 3 nitrogen and oxygen atoms in total. The average molecular weight is 236 g/mol. The summed E-state index contributed by atoms with van der Waals surface area (Å²) in [4.78, 5) is 23.2. The van der Waals surface area contributed by atoms with E-state index in [1.54, 1.807) is 18.2 Å². The first-order valence-corrected chi connectivity index (χ1v) is 6.04. The summed E-state index contributed by atoms with van der Waals surface area (Å²) in [7, 11) is 0. The molecule has 0 aromatic heterocycles. The minimum atomic E-state index is -0.982. The van der Waals surface area contributed by atoms with Crippen LogP contribution in [0.15, 0.2) is 29.2 Å². The molecule has 1 aromatic carbocycles. The zero-order valence-electron chi connectivity index (χ0n) is 8.68. The number of aromatic carboxylic acids is 1. The molecule has 0 heterocycles. The van der Waals surface area contributed by atoms with Crippen LogP contribution in [0.25, 0.3) is 0 Å².